The predicted octanol–water partition coefficient (Wildman–Crippen LogP) is 8.67. The summed E-state index contributed by atoms with van der Waals surface area (Å²) in [5, 5.41) is 0. The zero-order chi connectivity index (χ0) is 22.3. The van der Waals surface area contributed by atoms with E-state index in [1.54, 1.807) is 0 Å². The van der Waals surface area contributed by atoms with Crippen molar-refractivity contribution in [3.8, 4) is 23.0 Å². The van der Waals surface area contributed by atoms with E-state index in [1.807, 2.05) is 48.5 Å². The van der Waals surface area contributed by atoms with Gasteiger partial charge in [-0.15, -0.1) is 0 Å². The van der Waals surface area contributed by atoms with Gasteiger partial charge < -0.3 is 14.2 Å². The third kappa shape index (κ3) is 9.25. The van der Waals surface area contributed by atoms with Crippen LogP contribution in [0, 0.1) is 11.8 Å². The van der Waals surface area contributed by atoms with Crippen LogP contribution < -0.4 is 14.2 Å². The molecule has 31 heavy (non-hydrogen) atoms. The first-order valence-electron chi connectivity index (χ1n) is 12.3. The van der Waals surface area contributed by atoms with Crippen LogP contribution in [0.4, 0.5) is 0 Å². The lowest BCUT2D eigenvalue weighted by Gasteiger charge is -2.19. The van der Waals surface area contributed by atoms with Gasteiger partial charge in [-0.1, -0.05) is 84.4 Å². The molecule has 2 aromatic carbocycles. The fraction of sp³-hybridized carbons (Fsp3) is 0.571. The molecular weight excluding hydrogens is 384 g/mol. The number of benzene rings is 2. The Hall–Kier alpha value is -2.16. The number of rotatable bonds is 16. The Kier molecular flexibility index (Phi) is 12.0. The molecule has 0 saturated carbocycles. The van der Waals surface area contributed by atoms with Crippen LogP contribution in [0.1, 0.15) is 79.1 Å². The molecule has 2 aromatic rings. The van der Waals surface area contributed by atoms with Crippen molar-refractivity contribution in [3.05, 3.63) is 48.5 Å². The molecule has 2 unspecified atom stereocenters. The van der Waals surface area contributed by atoms with Crippen LogP contribution in [0.5, 0.6) is 23.0 Å². The minimum Gasteiger partial charge on any atom is -0.493 e. The number of para-hydroxylation sites is 1. The van der Waals surface area contributed by atoms with Crippen LogP contribution in [0.3, 0.4) is 0 Å². The van der Waals surface area contributed by atoms with Crippen molar-refractivity contribution < 1.29 is 14.2 Å². The molecule has 3 heteroatoms. The molecule has 0 amide bonds. The van der Waals surface area contributed by atoms with Gasteiger partial charge in [-0.25, -0.2) is 0 Å². The van der Waals surface area contributed by atoms with Crippen molar-refractivity contribution in [2.24, 2.45) is 11.8 Å². The topological polar surface area (TPSA) is 27.7 Å². The molecule has 0 aliphatic heterocycles. The molecule has 0 aromatic heterocycles. The quantitative estimate of drug-likeness (QED) is 0.269. The SMILES string of the molecule is CCCCC(CC)COc1ccc(OCC(CC)CCCC)c(Oc2ccccc2)c1. The van der Waals surface area contributed by atoms with Crippen molar-refractivity contribution in [2.45, 2.75) is 79.1 Å². The highest BCUT2D eigenvalue weighted by atomic mass is 16.5. The molecule has 0 N–H and O–H groups in total. The maximum Gasteiger partial charge on any atom is 0.172 e. The van der Waals surface area contributed by atoms with Gasteiger partial charge in [0.25, 0.3) is 0 Å². The van der Waals surface area contributed by atoms with Gasteiger partial charge in [0.1, 0.15) is 11.5 Å². The second-order valence-electron chi connectivity index (χ2n) is 8.48. The van der Waals surface area contributed by atoms with Crippen LogP contribution >= 0.6 is 0 Å². The molecule has 0 saturated heterocycles. The highest BCUT2D eigenvalue weighted by molar-refractivity contribution is 5.47. The van der Waals surface area contributed by atoms with Crippen LogP contribution in [-0.4, -0.2) is 13.2 Å². The van der Waals surface area contributed by atoms with Gasteiger partial charge in [0.15, 0.2) is 11.5 Å². The molecule has 172 valence electrons. The third-order valence-corrected chi connectivity index (χ3v) is 5.93. The second kappa shape index (κ2) is 14.8. The van der Waals surface area contributed by atoms with Crippen molar-refractivity contribution in [1.29, 1.82) is 0 Å². The van der Waals surface area contributed by atoms with E-state index in [1.165, 1.54) is 38.5 Å². The standard InChI is InChI=1S/C28H42O3/c1-5-9-14-23(7-3)21-29-26-18-19-27(30-22-24(8-4)15-10-6-2)28(20-26)31-25-16-12-11-13-17-25/h11-13,16-20,23-24H,5-10,14-15,21-22H2,1-4H3. The van der Waals surface area contributed by atoms with Crippen molar-refractivity contribution in [2.75, 3.05) is 13.2 Å². The molecule has 0 aliphatic rings. The van der Waals surface area contributed by atoms with Crippen LogP contribution in [0.2, 0.25) is 0 Å². The first-order chi connectivity index (χ1) is 15.2. The summed E-state index contributed by atoms with van der Waals surface area (Å²) >= 11 is 0. The monoisotopic (exact) mass is 426 g/mol. The fourth-order valence-electron chi connectivity index (χ4n) is 3.61. The van der Waals surface area contributed by atoms with Gasteiger partial charge in [0.2, 0.25) is 0 Å². The van der Waals surface area contributed by atoms with Gasteiger partial charge >= 0.3 is 0 Å². The average molecular weight is 427 g/mol. The van der Waals surface area contributed by atoms with Crippen molar-refractivity contribution in [3.63, 3.8) is 0 Å². The average Bonchev–Trinajstić information content (AvgIpc) is 2.81. The maximum atomic E-state index is 6.23. The molecule has 0 bridgehead atoms. The number of hydrogen-bond acceptors (Lipinski definition) is 3. The summed E-state index contributed by atoms with van der Waals surface area (Å²) < 4.78 is 18.6. The van der Waals surface area contributed by atoms with Crippen LogP contribution in [0.15, 0.2) is 48.5 Å². The molecular formula is C28H42O3. The Morgan fingerprint density at radius 2 is 1.26 bits per heavy atom. The zero-order valence-electron chi connectivity index (χ0n) is 20.1. The van der Waals surface area contributed by atoms with E-state index < -0.39 is 0 Å². The van der Waals surface area contributed by atoms with E-state index in [-0.39, 0.29) is 0 Å². The summed E-state index contributed by atoms with van der Waals surface area (Å²) in [4.78, 5) is 0. The lowest BCUT2D eigenvalue weighted by atomic mass is 10.0. The lowest BCUT2D eigenvalue weighted by Crippen LogP contribution is -2.12. The number of ether oxygens (including phenoxy) is 3. The van der Waals surface area contributed by atoms with Crippen LogP contribution in [-0.2, 0) is 0 Å². The normalized spacial score (nSPS) is 12.9. The Bertz CT molecular complexity index is 713. The zero-order valence-corrected chi connectivity index (χ0v) is 20.1. The van der Waals surface area contributed by atoms with E-state index in [9.17, 15) is 0 Å². The molecule has 0 aliphatic carbocycles. The Labute approximate surface area is 190 Å². The van der Waals surface area contributed by atoms with Gasteiger partial charge in [-0.3, -0.25) is 0 Å². The molecule has 2 atom stereocenters. The molecule has 0 heterocycles. The molecule has 0 spiro atoms. The molecule has 3 nitrogen and oxygen atoms in total. The number of hydrogen-bond donors (Lipinski definition) is 0. The van der Waals surface area contributed by atoms with E-state index >= 15 is 0 Å². The molecule has 2 rings (SSSR count). The Morgan fingerprint density at radius 1 is 0.645 bits per heavy atom. The van der Waals surface area contributed by atoms with E-state index in [4.69, 9.17) is 14.2 Å². The second-order valence-corrected chi connectivity index (χ2v) is 8.48. The van der Waals surface area contributed by atoms with Crippen molar-refractivity contribution >= 4 is 0 Å². The van der Waals surface area contributed by atoms with Crippen molar-refractivity contribution in [1.82, 2.24) is 0 Å². The van der Waals surface area contributed by atoms with Crippen LogP contribution in [0.25, 0.3) is 0 Å². The third-order valence-electron chi connectivity index (χ3n) is 5.93. The van der Waals surface area contributed by atoms with Gasteiger partial charge in [0, 0.05) is 6.07 Å². The summed E-state index contributed by atoms with van der Waals surface area (Å²) in [5.74, 6) is 4.31. The fourth-order valence-corrected chi connectivity index (χ4v) is 3.61. The molecule has 0 radical (unpaired) electrons. The summed E-state index contributed by atoms with van der Waals surface area (Å²) in [6, 6.07) is 15.9. The van der Waals surface area contributed by atoms with E-state index in [0.717, 1.165) is 49.1 Å². The first-order valence-corrected chi connectivity index (χ1v) is 12.3. The summed E-state index contributed by atoms with van der Waals surface area (Å²) in [7, 11) is 0. The highest BCUT2D eigenvalue weighted by Crippen LogP contribution is 2.36. The smallest absolute Gasteiger partial charge is 0.172 e. The number of unbranched alkanes of at least 4 members (excludes halogenated alkanes) is 2. The molecule has 0 fully saturated rings. The van der Waals surface area contributed by atoms with Gasteiger partial charge in [-0.2, -0.15) is 0 Å². The predicted molar refractivity (Wildman–Crippen MR) is 131 cm³/mol. The Balaban J connectivity index is 2.10. The minimum absolute atomic E-state index is 0.573. The van der Waals surface area contributed by atoms with E-state index in [2.05, 4.69) is 27.7 Å². The van der Waals surface area contributed by atoms with Gasteiger partial charge in [-0.05, 0) is 48.9 Å². The summed E-state index contributed by atoms with van der Waals surface area (Å²) in [6.07, 6.45) is 9.66. The first kappa shape index (κ1) is 25.1. The van der Waals surface area contributed by atoms with E-state index in [0.29, 0.717) is 11.8 Å². The summed E-state index contributed by atoms with van der Waals surface area (Å²) in [6.45, 7) is 10.4. The highest BCUT2D eigenvalue weighted by Gasteiger charge is 2.14. The Morgan fingerprint density at radius 3 is 1.84 bits per heavy atom. The summed E-state index contributed by atoms with van der Waals surface area (Å²) in [5.41, 5.74) is 0. The lowest BCUT2D eigenvalue weighted by molar-refractivity contribution is 0.222. The maximum absolute atomic E-state index is 6.23. The van der Waals surface area contributed by atoms with Gasteiger partial charge in [0.05, 0.1) is 13.2 Å². The largest absolute Gasteiger partial charge is 0.493 e. The minimum atomic E-state index is 0.573.